The molecule has 0 amide bonds. The molecule has 0 bridgehead atoms. The number of nitrogens with one attached hydrogen (secondary N) is 1. The molecule has 0 spiro atoms. The molecule has 1 aliphatic rings. The summed E-state index contributed by atoms with van der Waals surface area (Å²) in [6, 6.07) is 1.78. The second kappa shape index (κ2) is 5.64. The van der Waals surface area contributed by atoms with Gasteiger partial charge in [-0.25, -0.2) is 8.42 Å². The van der Waals surface area contributed by atoms with Gasteiger partial charge in [0, 0.05) is 18.7 Å². The first-order valence-corrected chi connectivity index (χ1v) is 8.20. The molecule has 19 heavy (non-hydrogen) atoms. The molecule has 1 aromatic rings. The molecule has 0 radical (unpaired) electrons. The van der Waals surface area contributed by atoms with Crippen molar-refractivity contribution in [1.82, 2.24) is 9.62 Å². The van der Waals surface area contributed by atoms with Gasteiger partial charge in [-0.15, -0.1) is 0 Å². The van der Waals surface area contributed by atoms with Gasteiger partial charge in [-0.2, -0.15) is 4.31 Å². The molecule has 1 aliphatic heterocycles. The Labute approximate surface area is 115 Å². The second-order valence-corrected chi connectivity index (χ2v) is 6.84. The number of rotatable bonds is 5. The lowest BCUT2D eigenvalue weighted by molar-refractivity contribution is 0.378. The number of nitrogens with zero attached hydrogens (tertiary/aromatic N) is 1. The largest absolute Gasteiger partial charge is 0.464 e. The molecule has 1 N–H and O–H groups in total. The lowest BCUT2D eigenvalue weighted by Gasteiger charge is -2.22. The van der Waals surface area contributed by atoms with Crippen LogP contribution in [0.4, 0.5) is 0 Å². The van der Waals surface area contributed by atoms with Gasteiger partial charge in [0.15, 0.2) is 0 Å². The van der Waals surface area contributed by atoms with Crippen molar-refractivity contribution < 1.29 is 12.8 Å². The Kier molecular flexibility index (Phi) is 4.32. The van der Waals surface area contributed by atoms with E-state index in [0.29, 0.717) is 29.5 Å². The Hall–Kier alpha value is -0.850. The quantitative estimate of drug-likeness (QED) is 0.897. The summed E-state index contributed by atoms with van der Waals surface area (Å²) in [5.74, 6) is 1.14. The molecule has 1 fully saturated rings. The standard InChI is InChI=1S/C13H22N2O3S/c1-4-11-6-5-7-15(11)19(16,17)13-8-12(9-14-3)18-10(13)2/h8,11,14H,4-7,9H2,1-3H3. The van der Waals surface area contributed by atoms with Gasteiger partial charge in [0.1, 0.15) is 16.4 Å². The second-order valence-electron chi connectivity index (χ2n) is 4.98. The summed E-state index contributed by atoms with van der Waals surface area (Å²) in [5, 5.41) is 2.96. The first-order valence-electron chi connectivity index (χ1n) is 6.76. The lowest BCUT2D eigenvalue weighted by atomic mass is 10.2. The molecule has 0 saturated carbocycles. The monoisotopic (exact) mass is 286 g/mol. The van der Waals surface area contributed by atoms with Crippen LogP contribution in [-0.4, -0.2) is 32.4 Å². The van der Waals surface area contributed by atoms with Crippen molar-refractivity contribution in [3.63, 3.8) is 0 Å². The van der Waals surface area contributed by atoms with Gasteiger partial charge in [-0.05, 0) is 33.2 Å². The highest BCUT2D eigenvalue weighted by Gasteiger charge is 2.36. The van der Waals surface area contributed by atoms with E-state index in [9.17, 15) is 8.42 Å². The van der Waals surface area contributed by atoms with Crippen LogP contribution in [0.15, 0.2) is 15.4 Å². The van der Waals surface area contributed by atoms with E-state index in [1.54, 1.807) is 24.3 Å². The van der Waals surface area contributed by atoms with Crippen LogP contribution in [0, 0.1) is 6.92 Å². The number of furan rings is 1. The lowest BCUT2D eigenvalue weighted by Crippen LogP contribution is -2.35. The van der Waals surface area contributed by atoms with Crippen molar-refractivity contribution >= 4 is 10.0 Å². The molecule has 1 atom stereocenters. The molecule has 2 heterocycles. The highest BCUT2D eigenvalue weighted by molar-refractivity contribution is 7.89. The van der Waals surface area contributed by atoms with Crippen molar-refractivity contribution in [2.45, 2.75) is 50.6 Å². The van der Waals surface area contributed by atoms with Gasteiger partial charge >= 0.3 is 0 Å². The number of hydrogen-bond acceptors (Lipinski definition) is 4. The predicted molar refractivity (Wildman–Crippen MR) is 73.4 cm³/mol. The third-order valence-electron chi connectivity index (χ3n) is 3.66. The van der Waals surface area contributed by atoms with Crippen LogP contribution < -0.4 is 5.32 Å². The van der Waals surface area contributed by atoms with E-state index in [1.807, 2.05) is 6.92 Å². The Morgan fingerprint density at radius 1 is 1.53 bits per heavy atom. The predicted octanol–water partition coefficient (Wildman–Crippen LogP) is 1.87. The zero-order chi connectivity index (χ0) is 14.0. The van der Waals surface area contributed by atoms with E-state index in [4.69, 9.17) is 4.42 Å². The molecule has 0 aromatic carbocycles. The Bertz CT molecular complexity index is 536. The summed E-state index contributed by atoms with van der Waals surface area (Å²) in [4.78, 5) is 0.318. The minimum absolute atomic E-state index is 0.132. The molecule has 2 rings (SSSR count). The first-order chi connectivity index (χ1) is 9.00. The molecule has 1 unspecified atom stereocenters. The van der Waals surface area contributed by atoms with E-state index in [2.05, 4.69) is 5.32 Å². The average Bonchev–Trinajstić information content (AvgIpc) is 2.96. The molecule has 5 nitrogen and oxygen atoms in total. The van der Waals surface area contributed by atoms with Gasteiger partial charge in [-0.3, -0.25) is 0 Å². The van der Waals surface area contributed by atoms with Gasteiger partial charge in [0.25, 0.3) is 0 Å². The van der Waals surface area contributed by atoms with Crippen LogP contribution in [0.3, 0.4) is 0 Å². The van der Waals surface area contributed by atoms with Gasteiger partial charge in [-0.1, -0.05) is 6.92 Å². The summed E-state index contributed by atoms with van der Waals surface area (Å²) >= 11 is 0. The van der Waals surface area contributed by atoms with Crippen LogP contribution in [0.5, 0.6) is 0 Å². The third-order valence-corrected chi connectivity index (χ3v) is 5.71. The van der Waals surface area contributed by atoms with Crippen molar-refractivity contribution in [3.05, 3.63) is 17.6 Å². The number of aryl methyl sites for hydroxylation is 1. The van der Waals surface area contributed by atoms with Crippen LogP contribution >= 0.6 is 0 Å². The van der Waals surface area contributed by atoms with E-state index in [1.165, 1.54) is 0 Å². The van der Waals surface area contributed by atoms with Gasteiger partial charge in [0.2, 0.25) is 10.0 Å². The Morgan fingerprint density at radius 2 is 2.26 bits per heavy atom. The number of hydrogen-bond donors (Lipinski definition) is 1. The van der Waals surface area contributed by atoms with E-state index < -0.39 is 10.0 Å². The fourth-order valence-electron chi connectivity index (χ4n) is 2.70. The minimum atomic E-state index is -3.42. The maximum absolute atomic E-state index is 12.7. The molecule has 6 heteroatoms. The third kappa shape index (κ3) is 2.70. The smallest absolute Gasteiger partial charge is 0.246 e. The van der Waals surface area contributed by atoms with Crippen molar-refractivity contribution in [2.75, 3.05) is 13.6 Å². The van der Waals surface area contributed by atoms with Crippen LogP contribution in [0.1, 0.15) is 37.7 Å². The molecular weight excluding hydrogens is 264 g/mol. The van der Waals surface area contributed by atoms with Crippen molar-refractivity contribution in [2.24, 2.45) is 0 Å². The molecule has 0 aliphatic carbocycles. The molecule has 1 saturated heterocycles. The summed E-state index contributed by atoms with van der Waals surface area (Å²) in [7, 11) is -1.61. The molecule has 1 aromatic heterocycles. The first kappa shape index (κ1) is 14.6. The Morgan fingerprint density at radius 3 is 2.89 bits per heavy atom. The van der Waals surface area contributed by atoms with E-state index in [0.717, 1.165) is 19.3 Å². The van der Waals surface area contributed by atoms with Crippen LogP contribution in [0.2, 0.25) is 0 Å². The maximum Gasteiger partial charge on any atom is 0.246 e. The molecular formula is C13H22N2O3S. The van der Waals surface area contributed by atoms with Crippen molar-refractivity contribution in [3.8, 4) is 0 Å². The number of sulfonamides is 1. The van der Waals surface area contributed by atoms with Crippen molar-refractivity contribution in [1.29, 1.82) is 0 Å². The normalized spacial score (nSPS) is 21.1. The molecule has 108 valence electrons. The fourth-order valence-corrected chi connectivity index (χ4v) is 4.66. The van der Waals surface area contributed by atoms with E-state index in [-0.39, 0.29) is 6.04 Å². The summed E-state index contributed by atoms with van der Waals surface area (Å²) < 4.78 is 32.5. The maximum atomic E-state index is 12.7. The summed E-state index contributed by atoms with van der Waals surface area (Å²) in [6.45, 7) is 4.90. The Balaban J connectivity index is 2.33. The minimum Gasteiger partial charge on any atom is -0.464 e. The summed E-state index contributed by atoms with van der Waals surface area (Å²) in [5.41, 5.74) is 0. The van der Waals surface area contributed by atoms with E-state index >= 15 is 0 Å². The highest BCUT2D eigenvalue weighted by Crippen LogP contribution is 2.30. The highest BCUT2D eigenvalue weighted by atomic mass is 32.2. The zero-order valence-corrected chi connectivity index (χ0v) is 12.6. The van der Waals surface area contributed by atoms with Crippen LogP contribution in [-0.2, 0) is 16.6 Å². The zero-order valence-electron chi connectivity index (χ0n) is 11.8. The SMILES string of the molecule is CCC1CCCN1S(=O)(=O)c1cc(CNC)oc1C. The average molecular weight is 286 g/mol. The van der Waals surface area contributed by atoms with Gasteiger partial charge in [0.05, 0.1) is 6.54 Å². The van der Waals surface area contributed by atoms with Crippen LogP contribution in [0.25, 0.3) is 0 Å². The van der Waals surface area contributed by atoms with Gasteiger partial charge < -0.3 is 9.73 Å². The summed E-state index contributed by atoms with van der Waals surface area (Å²) in [6.07, 6.45) is 2.76. The fraction of sp³-hybridized carbons (Fsp3) is 0.692. The topological polar surface area (TPSA) is 62.6 Å².